The van der Waals surface area contributed by atoms with Crippen molar-refractivity contribution in [3.63, 3.8) is 0 Å². The lowest BCUT2D eigenvalue weighted by atomic mass is 10.2. The zero-order valence-corrected chi connectivity index (χ0v) is 8.68. The number of carbonyl (C=O) groups is 1. The van der Waals surface area contributed by atoms with Gasteiger partial charge in [-0.25, -0.2) is 4.98 Å². The summed E-state index contributed by atoms with van der Waals surface area (Å²) in [5, 5.41) is 6.37. The minimum absolute atomic E-state index is 0.133. The molecule has 82 valence electrons. The Morgan fingerprint density at radius 2 is 2.60 bits per heavy atom. The number of H-pyrrole nitrogens is 1. The van der Waals surface area contributed by atoms with Gasteiger partial charge in [-0.1, -0.05) is 6.08 Å². The molecule has 0 aliphatic carbocycles. The van der Waals surface area contributed by atoms with E-state index in [1.807, 2.05) is 0 Å². The zero-order chi connectivity index (χ0) is 11.3. The third-order valence-corrected chi connectivity index (χ3v) is 1.97. The maximum absolute atomic E-state index is 11.7. The first-order valence-electron chi connectivity index (χ1n) is 4.61. The fraction of sp³-hybridized carbons (Fsp3) is 0.444. The normalized spacial score (nSPS) is 12.1. The highest BCUT2D eigenvalue weighted by atomic mass is 16.2. The monoisotopic (exact) mass is 209 g/mol. The fourth-order valence-corrected chi connectivity index (χ4v) is 1.17. The zero-order valence-electron chi connectivity index (χ0n) is 8.68. The van der Waals surface area contributed by atoms with Gasteiger partial charge < -0.3 is 10.6 Å². The van der Waals surface area contributed by atoms with Crippen molar-refractivity contribution in [3.05, 3.63) is 24.8 Å². The molecule has 6 nitrogen and oxygen atoms in total. The highest BCUT2D eigenvalue weighted by molar-refractivity contribution is 5.81. The van der Waals surface area contributed by atoms with Crippen LogP contribution in [0.15, 0.2) is 19.0 Å². The quantitative estimate of drug-likeness (QED) is 0.650. The van der Waals surface area contributed by atoms with E-state index >= 15 is 0 Å². The standard InChI is InChI=1S/C9H15N5O/c1-3-4-7(10)9(15)14(2)5-8-11-6-12-13-8/h3,6-7H,1,4-5,10H2,2H3,(H,11,12,13). The van der Waals surface area contributed by atoms with Crippen molar-refractivity contribution in [1.82, 2.24) is 20.1 Å². The van der Waals surface area contributed by atoms with Gasteiger partial charge in [0.05, 0.1) is 12.6 Å². The number of aromatic amines is 1. The predicted molar refractivity (Wildman–Crippen MR) is 55.6 cm³/mol. The molecule has 0 aliphatic heterocycles. The summed E-state index contributed by atoms with van der Waals surface area (Å²) < 4.78 is 0. The third-order valence-electron chi connectivity index (χ3n) is 1.97. The summed E-state index contributed by atoms with van der Waals surface area (Å²) in [6.07, 6.45) is 3.50. The van der Waals surface area contributed by atoms with E-state index < -0.39 is 6.04 Å². The van der Waals surface area contributed by atoms with Crippen molar-refractivity contribution in [1.29, 1.82) is 0 Å². The third kappa shape index (κ3) is 3.17. The summed E-state index contributed by atoms with van der Waals surface area (Å²) in [6, 6.07) is -0.532. The molecule has 3 N–H and O–H groups in total. The second kappa shape index (κ2) is 5.26. The van der Waals surface area contributed by atoms with E-state index in [-0.39, 0.29) is 5.91 Å². The number of carbonyl (C=O) groups excluding carboxylic acids is 1. The molecule has 1 amide bonds. The summed E-state index contributed by atoms with van der Waals surface area (Å²) in [5.41, 5.74) is 5.65. The number of rotatable bonds is 5. The van der Waals surface area contributed by atoms with Crippen molar-refractivity contribution in [2.75, 3.05) is 7.05 Å². The largest absolute Gasteiger partial charge is 0.337 e. The van der Waals surface area contributed by atoms with Crippen LogP contribution < -0.4 is 5.73 Å². The van der Waals surface area contributed by atoms with Crippen LogP contribution in [0.25, 0.3) is 0 Å². The van der Waals surface area contributed by atoms with Crippen LogP contribution in [0.3, 0.4) is 0 Å². The lowest BCUT2D eigenvalue weighted by Crippen LogP contribution is -2.41. The van der Waals surface area contributed by atoms with E-state index in [1.54, 1.807) is 13.1 Å². The second-order valence-corrected chi connectivity index (χ2v) is 3.26. The van der Waals surface area contributed by atoms with Crippen LogP contribution in [0.5, 0.6) is 0 Å². The molecule has 15 heavy (non-hydrogen) atoms. The van der Waals surface area contributed by atoms with Gasteiger partial charge in [0.25, 0.3) is 0 Å². The molecule has 0 aliphatic rings. The summed E-state index contributed by atoms with van der Waals surface area (Å²) in [7, 11) is 1.67. The van der Waals surface area contributed by atoms with Gasteiger partial charge in [-0.05, 0) is 6.42 Å². The number of hydrogen-bond acceptors (Lipinski definition) is 4. The number of nitrogens with one attached hydrogen (secondary N) is 1. The van der Waals surface area contributed by atoms with Gasteiger partial charge in [0, 0.05) is 7.05 Å². The minimum Gasteiger partial charge on any atom is -0.337 e. The minimum atomic E-state index is -0.532. The Morgan fingerprint density at radius 1 is 1.87 bits per heavy atom. The molecule has 0 aromatic carbocycles. The van der Waals surface area contributed by atoms with Gasteiger partial charge in [0.1, 0.15) is 12.2 Å². The molecular weight excluding hydrogens is 194 g/mol. The first-order chi connectivity index (χ1) is 7.15. The topological polar surface area (TPSA) is 87.9 Å². The van der Waals surface area contributed by atoms with Crippen molar-refractivity contribution in [3.8, 4) is 0 Å². The maximum Gasteiger partial charge on any atom is 0.239 e. The molecular formula is C9H15N5O. The van der Waals surface area contributed by atoms with Gasteiger partial charge in [-0.3, -0.25) is 9.89 Å². The first kappa shape index (κ1) is 11.4. The molecule has 0 bridgehead atoms. The highest BCUT2D eigenvalue weighted by Crippen LogP contribution is 1.99. The Kier molecular flexibility index (Phi) is 3.99. The van der Waals surface area contributed by atoms with Crippen molar-refractivity contribution >= 4 is 5.91 Å². The Bertz CT molecular complexity index is 321. The van der Waals surface area contributed by atoms with E-state index in [0.29, 0.717) is 18.8 Å². The molecule has 6 heteroatoms. The summed E-state index contributed by atoms with van der Waals surface area (Å²) >= 11 is 0. The van der Waals surface area contributed by atoms with Crippen molar-refractivity contribution in [2.24, 2.45) is 5.73 Å². The van der Waals surface area contributed by atoms with E-state index in [2.05, 4.69) is 21.8 Å². The van der Waals surface area contributed by atoms with Crippen LogP contribution in [0.4, 0.5) is 0 Å². The Morgan fingerprint density at radius 3 is 3.13 bits per heavy atom. The first-order valence-corrected chi connectivity index (χ1v) is 4.61. The van der Waals surface area contributed by atoms with Crippen LogP contribution in [-0.2, 0) is 11.3 Å². The fourth-order valence-electron chi connectivity index (χ4n) is 1.17. The summed E-state index contributed by atoms with van der Waals surface area (Å²) in [5.74, 6) is 0.503. The van der Waals surface area contributed by atoms with Gasteiger partial charge >= 0.3 is 0 Å². The summed E-state index contributed by atoms with van der Waals surface area (Å²) in [4.78, 5) is 17.1. The van der Waals surface area contributed by atoms with Crippen LogP contribution in [-0.4, -0.2) is 39.1 Å². The van der Waals surface area contributed by atoms with Crippen LogP contribution in [0.1, 0.15) is 12.2 Å². The molecule has 1 unspecified atom stereocenters. The van der Waals surface area contributed by atoms with Crippen LogP contribution in [0.2, 0.25) is 0 Å². The molecule has 1 aromatic heterocycles. The average Bonchev–Trinajstić information content (AvgIpc) is 2.69. The molecule has 0 fully saturated rings. The number of likely N-dealkylation sites (N-methyl/N-ethyl adjacent to an activating group) is 1. The lowest BCUT2D eigenvalue weighted by Gasteiger charge is -2.19. The van der Waals surface area contributed by atoms with Gasteiger partial charge in [0.2, 0.25) is 5.91 Å². The Balaban J connectivity index is 2.49. The molecule has 0 saturated carbocycles. The number of nitrogens with zero attached hydrogens (tertiary/aromatic N) is 3. The number of hydrogen-bond donors (Lipinski definition) is 2. The average molecular weight is 209 g/mol. The second-order valence-electron chi connectivity index (χ2n) is 3.26. The molecule has 1 heterocycles. The number of amides is 1. The van der Waals surface area contributed by atoms with Crippen LogP contribution in [0, 0.1) is 0 Å². The van der Waals surface area contributed by atoms with Gasteiger partial charge in [-0.15, -0.1) is 6.58 Å². The van der Waals surface area contributed by atoms with Gasteiger partial charge in [0.15, 0.2) is 0 Å². The summed E-state index contributed by atoms with van der Waals surface area (Å²) in [6.45, 7) is 3.92. The Labute approximate surface area is 88.2 Å². The molecule has 1 rings (SSSR count). The Hall–Kier alpha value is -1.69. The molecule has 1 atom stereocenters. The van der Waals surface area contributed by atoms with Gasteiger partial charge in [-0.2, -0.15) is 5.10 Å². The van der Waals surface area contributed by atoms with E-state index in [4.69, 9.17) is 5.73 Å². The van der Waals surface area contributed by atoms with E-state index in [0.717, 1.165) is 0 Å². The maximum atomic E-state index is 11.7. The van der Waals surface area contributed by atoms with E-state index in [9.17, 15) is 4.79 Å². The number of nitrogens with two attached hydrogens (primary N) is 1. The lowest BCUT2D eigenvalue weighted by molar-refractivity contribution is -0.131. The molecule has 0 spiro atoms. The SMILES string of the molecule is C=CCC(N)C(=O)N(C)Cc1ncn[nH]1. The van der Waals surface area contributed by atoms with E-state index in [1.165, 1.54) is 11.2 Å². The number of aromatic nitrogens is 3. The highest BCUT2D eigenvalue weighted by Gasteiger charge is 2.17. The predicted octanol–water partition coefficient (Wildman–Crippen LogP) is -0.334. The molecule has 1 aromatic rings. The van der Waals surface area contributed by atoms with Crippen molar-refractivity contribution < 1.29 is 4.79 Å². The molecule has 0 radical (unpaired) electrons. The molecule has 0 saturated heterocycles. The smallest absolute Gasteiger partial charge is 0.239 e. The van der Waals surface area contributed by atoms with Crippen molar-refractivity contribution in [2.45, 2.75) is 19.0 Å². The van der Waals surface area contributed by atoms with Crippen LogP contribution >= 0.6 is 0 Å².